The van der Waals surface area contributed by atoms with Crippen LogP contribution in [0.3, 0.4) is 0 Å². The Labute approximate surface area is 160 Å². The van der Waals surface area contributed by atoms with Crippen molar-refractivity contribution < 1.29 is 24.2 Å². The molecule has 1 aliphatic rings. The third-order valence-electron chi connectivity index (χ3n) is 4.34. The van der Waals surface area contributed by atoms with Gasteiger partial charge in [-0.15, -0.1) is 11.3 Å². The molecule has 1 aliphatic carbocycles. The zero-order valence-corrected chi connectivity index (χ0v) is 15.8. The van der Waals surface area contributed by atoms with E-state index in [1.807, 2.05) is 0 Å². The van der Waals surface area contributed by atoms with Gasteiger partial charge in [0, 0.05) is 11.1 Å². The van der Waals surface area contributed by atoms with Gasteiger partial charge < -0.3 is 15.2 Å². The van der Waals surface area contributed by atoms with E-state index in [1.165, 1.54) is 28.4 Å². The summed E-state index contributed by atoms with van der Waals surface area (Å²) < 4.78 is 6.45. The van der Waals surface area contributed by atoms with Gasteiger partial charge in [-0.25, -0.2) is 9.59 Å². The number of carboxylic acid groups (broad SMARTS) is 1. The Kier molecular flexibility index (Phi) is 5.90. The van der Waals surface area contributed by atoms with Crippen molar-refractivity contribution in [1.82, 2.24) is 9.78 Å². The minimum Gasteiger partial charge on any atom is -0.478 e. The molecule has 27 heavy (non-hydrogen) atoms. The lowest BCUT2D eigenvalue weighted by Crippen LogP contribution is -2.20. The smallest absolute Gasteiger partial charge is 0.341 e. The van der Waals surface area contributed by atoms with E-state index in [2.05, 4.69) is 10.4 Å². The fraction of sp³-hybridized carbons (Fsp3) is 0.444. The van der Waals surface area contributed by atoms with E-state index in [0.717, 1.165) is 42.5 Å². The number of fused-ring (bicyclic) bond motifs is 1. The maximum atomic E-state index is 12.5. The number of amides is 1. The van der Waals surface area contributed by atoms with Gasteiger partial charge in [-0.2, -0.15) is 5.10 Å². The van der Waals surface area contributed by atoms with Crippen molar-refractivity contribution in [3.05, 3.63) is 34.0 Å². The van der Waals surface area contributed by atoms with Crippen LogP contribution in [0.1, 0.15) is 57.3 Å². The number of nitrogens with one attached hydrogen (secondary N) is 1. The zero-order valence-electron chi connectivity index (χ0n) is 15.0. The molecule has 0 fully saturated rings. The number of carbonyl (C=O) groups excluding carboxylic acids is 2. The molecular weight excluding hydrogens is 370 g/mol. The average Bonchev–Trinajstić information content (AvgIpc) is 3.13. The van der Waals surface area contributed by atoms with E-state index in [-0.39, 0.29) is 24.6 Å². The van der Waals surface area contributed by atoms with E-state index in [0.29, 0.717) is 10.6 Å². The number of hydrogen-bond acceptors (Lipinski definition) is 6. The summed E-state index contributed by atoms with van der Waals surface area (Å²) in [4.78, 5) is 36.9. The SMILES string of the molecule is CCOC(=O)c1c(NC(=O)Cn2cc(C(=O)O)cn2)sc2c1CCCCC2. The van der Waals surface area contributed by atoms with Gasteiger partial charge >= 0.3 is 11.9 Å². The van der Waals surface area contributed by atoms with Crippen LogP contribution < -0.4 is 5.32 Å². The summed E-state index contributed by atoms with van der Waals surface area (Å²) in [5, 5.41) is 16.1. The molecule has 0 radical (unpaired) electrons. The van der Waals surface area contributed by atoms with Crippen LogP contribution in [-0.2, 0) is 28.9 Å². The number of ether oxygens (including phenoxy) is 1. The quantitative estimate of drug-likeness (QED) is 0.579. The van der Waals surface area contributed by atoms with Crippen molar-refractivity contribution in [3.63, 3.8) is 0 Å². The molecule has 3 rings (SSSR count). The maximum Gasteiger partial charge on any atom is 0.341 e. The largest absolute Gasteiger partial charge is 0.478 e. The Balaban J connectivity index is 1.81. The second-order valence-electron chi connectivity index (χ2n) is 6.27. The van der Waals surface area contributed by atoms with Crippen molar-refractivity contribution in [3.8, 4) is 0 Å². The number of aryl methyl sites for hydroxylation is 1. The number of rotatable bonds is 6. The van der Waals surface area contributed by atoms with Crippen molar-refractivity contribution in [2.45, 2.75) is 45.6 Å². The monoisotopic (exact) mass is 391 g/mol. The lowest BCUT2D eigenvalue weighted by molar-refractivity contribution is -0.116. The average molecular weight is 391 g/mol. The number of aromatic nitrogens is 2. The van der Waals surface area contributed by atoms with Gasteiger partial charge in [-0.1, -0.05) is 6.42 Å². The van der Waals surface area contributed by atoms with E-state index in [9.17, 15) is 14.4 Å². The predicted molar refractivity (Wildman–Crippen MR) is 99.4 cm³/mol. The first-order valence-electron chi connectivity index (χ1n) is 8.86. The molecule has 2 heterocycles. The molecule has 2 N–H and O–H groups in total. The van der Waals surface area contributed by atoms with Crippen LogP contribution in [0.25, 0.3) is 0 Å². The van der Waals surface area contributed by atoms with Crippen LogP contribution in [-0.4, -0.2) is 39.3 Å². The van der Waals surface area contributed by atoms with Gasteiger partial charge in [-0.3, -0.25) is 9.48 Å². The molecule has 0 aliphatic heterocycles. The Morgan fingerprint density at radius 1 is 1.30 bits per heavy atom. The summed E-state index contributed by atoms with van der Waals surface area (Å²) in [5.74, 6) is -1.90. The highest BCUT2D eigenvalue weighted by molar-refractivity contribution is 7.17. The summed E-state index contributed by atoms with van der Waals surface area (Å²) in [6.45, 7) is 1.87. The summed E-state index contributed by atoms with van der Waals surface area (Å²) in [7, 11) is 0. The summed E-state index contributed by atoms with van der Waals surface area (Å²) in [6.07, 6.45) is 7.37. The van der Waals surface area contributed by atoms with Gasteiger partial charge in [0.2, 0.25) is 5.91 Å². The molecule has 0 saturated heterocycles. The fourth-order valence-electron chi connectivity index (χ4n) is 3.12. The number of aromatic carboxylic acids is 1. The number of anilines is 1. The Morgan fingerprint density at radius 3 is 2.78 bits per heavy atom. The van der Waals surface area contributed by atoms with Gasteiger partial charge in [0.25, 0.3) is 0 Å². The molecule has 0 unspecified atom stereocenters. The van der Waals surface area contributed by atoms with E-state index < -0.39 is 11.9 Å². The number of hydrogen-bond donors (Lipinski definition) is 2. The molecule has 2 aromatic rings. The van der Waals surface area contributed by atoms with Crippen molar-refractivity contribution in [2.75, 3.05) is 11.9 Å². The first kappa shape index (κ1) is 19.1. The topological polar surface area (TPSA) is 111 Å². The standard InChI is InChI=1S/C18H21N3O5S/c1-2-26-18(25)15-12-6-4-3-5-7-13(12)27-16(15)20-14(22)10-21-9-11(8-19-21)17(23)24/h8-9H,2-7,10H2,1H3,(H,20,22)(H,23,24). The second kappa shape index (κ2) is 8.34. The Bertz CT molecular complexity index is 870. The van der Waals surface area contributed by atoms with Crippen molar-refractivity contribution in [2.24, 2.45) is 0 Å². The highest BCUT2D eigenvalue weighted by atomic mass is 32.1. The summed E-state index contributed by atoms with van der Waals surface area (Å²) in [6, 6.07) is 0. The zero-order chi connectivity index (χ0) is 19.4. The van der Waals surface area contributed by atoms with Crippen LogP contribution in [0.5, 0.6) is 0 Å². The predicted octanol–water partition coefficient (Wildman–Crippen LogP) is 2.73. The number of carbonyl (C=O) groups is 3. The van der Waals surface area contributed by atoms with E-state index >= 15 is 0 Å². The fourth-order valence-corrected chi connectivity index (χ4v) is 4.42. The normalized spacial score (nSPS) is 13.5. The number of carboxylic acids is 1. The summed E-state index contributed by atoms with van der Waals surface area (Å²) >= 11 is 1.42. The van der Waals surface area contributed by atoms with Crippen LogP contribution in [0.4, 0.5) is 5.00 Å². The van der Waals surface area contributed by atoms with Crippen molar-refractivity contribution in [1.29, 1.82) is 0 Å². The van der Waals surface area contributed by atoms with Gasteiger partial charge in [0.1, 0.15) is 11.5 Å². The molecule has 0 saturated carbocycles. The maximum absolute atomic E-state index is 12.5. The Hall–Kier alpha value is -2.68. The molecule has 144 valence electrons. The van der Waals surface area contributed by atoms with E-state index in [1.54, 1.807) is 6.92 Å². The van der Waals surface area contributed by atoms with Crippen LogP contribution in [0, 0.1) is 0 Å². The number of nitrogens with zero attached hydrogens (tertiary/aromatic N) is 2. The molecule has 9 heteroatoms. The molecular formula is C18H21N3O5S. The third-order valence-corrected chi connectivity index (χ3v) is 5.55. The number of esters is 1. The first-order valence-corrected chi connectivity index (χ1v) is 9.68. The molecule has 0 bridgehead atoms. The van der Waals surface area contributed by atoms with Gasteiger partial charge in [0.05, 0.1) is 23.9 Å². The van der Waals surface area contributed by atoms with Gasteiger partial charge in [-0.05, 0) is 38.2 Å². The molecule has 0 aromatic carbocycles. The molecule has 0 atom stereocenters. The van der Waals surface area contributed by atoms with Crippen molar-refractivity contribution >= 4 is 34.2 Å². The van der Waals surface area contributed by atoms with Gasteiger partial charge in [0.15, 0.2) is 0 Å². The van der Waals surface area contributed by atoms with Crippen LogP contribution in [0.2, 0.25) is 0 Å². The number of thiophene rings is 1. The first-order chi connectivity index (χ1) is 13.0. The third kappa shape index (κ3) is 4.36. The summed E-state index contributed by atoms with van der Waals surface area (Å²) in [5.41, 5.74) is 1.45. The Morgan fingerprint density at radius 2 is 2.07 bits per heavy atom. The van der Waals surface area contributed by atoms with Crippen LogP contribution >= 0.6 is 11.3 Å². The molecule has 8 nitrogen and oxygen atoms in total. The minimum atomic E-state index is -1.10. The molecule has 0 spiro atoms. The highest BCUT2D eigenvalue weighted by Gasteiger charge is 2.26. The van der Waals surface area contributed by atoms with E-state index in [4.69, 9.17) is 9.84 Å². The molecule has 1 amide bonds. The molecule has 2 aromatic heterocycles. The second-order valence-corrected chi connectivity index (χ2v) is 7.37. The van der Waals surface area contributed by atoms with Crippen LogP contribution in [0.15, 0.2) is 12.4 Å². The highest BCUT2D eigenvalue weighted by Crippen LogP contribution is 2.38. The lowest BCUT2D eigenvalue weighted by Gasteiger charge is -2.08. The minimum absolute atomic E-state index is 0.0119. The lowest BCUT2D eigenvalue weighted by atomic mass is 10.1.